The summed E-state index contributed by atoms with van der Waals surface area (Å²) in [4.78, 5) is 10.2. The molecule has 0 heterocycles. The summed E-state index contributed by atoms with van der Waals surface area (Å²) < 4.78 is 0. The largest absolute Gasteiger partial charge is 0.259 e. The van der Waals surface area contributed by atoms with Gasteiger partial charge in [0.1, 0.15) is 0 Å². The second-order valence-corrected chi connectivity index (χ2v) is 2.87. The highest BCUT2D eigenvalue weighted by Gasteiger charge is 2.22. The minimum atomic E-state index is -0.318. The van der Waals surface area contributed by atoms with Crippen LogP contribution in [-0.4, -0.2) is 4.92 Å². The van der Waals surface area contributed by atoms with Crippen molar-refractivity contribution in [1.29, 1.82) is 0 Å². The molecule has 1 aliphatic rings. The van der Waals surface area contributed by atoms with Gasteiger partial charge in [-0.3, -0.25) is 10.1 Å². The molecule has 1 rings (SSSR count). The van der Waals surface area contributed by atoms with E-state index in [1.54, 1.807) is 12.2 Å². The molecule has 0 saturated carbocycles. The second-order valence-electron chi connectivity index (χ2n) is 2.87. The molecule has 0 fully saturated rings. The maximum absolute atomic E-state index is 10.5. The molecule has 0 spiro atoms. The van der Waals surface area contributed by atoms with E-state index in [2.05, 4.69) is 6.58 Å². The quantitative estimate of drug-likeness (QED) is 0.465. The Morgan fingerprint density at radius 3 is 3.00 bits per heavy atom. The van der Waals surface area contributed by atoms with Crippen molar-refractivity contribution in [1.82, 2.24) is 0 Å². The van der Waals surface area contributed by atoms with E-state index < -0.39 is 0 Å². The third-order valence-corrected chi connectivity index (χ3v) is 1.97. The minimum absolute atomic E-state index is 0.0173. The molecule has 0 aromatic rings. The summed E-state index contributed by atoms with van der Waals surface area (Å²) in [5, 5.41) is 10.5. The SMILES string of the molecule is C=CC1=CCC(C)C([N+](=O)[O-])=C1. The lowest BCUT2D eigenvalue weighted by Crippen LogP contribution is -2.11. The summed E-state index contributed by atoms with van der Waals surface area (Å²) in [6.07, 6.45) is 5.91. The summed E-state index contributed by atoms with van der Waals surface area (Å²) in [5.74, 6) is 0.0173. The van der Waals surface area contributed by atoms with Crippen LogP contribution in [0.25, 0.3) is 0 Å². The van der Waals surface area contributed by atoms with Gasteiger partial charge in [0.2, 0.25) is 5.70 Å². The van der Waals surface area contributed by atoms with Gasteiger partial charge in [0.05, 0.1) is 10.8 Å². The van der Waals surface area contributed by atoms with Gasteiger partial charge < -0.3 is 0 Å². The van der Waals surface area contributed by atoms with Crippen molar-refractivity contribution in [3.8, 4) is 0 Å². The topological polar surface area (TPSA) is 43.1 Å². The van der Waals surface area contributed by atoms with E-state index in [0.29, 0.717) is 0 Å². The number of hydrogen-bond donors (Lipinski definition) is 0. The lowest BCUT2D eigenvalue weighted by molar-refractivity contribution is -0.433. The molecule has 1 atom stereocenters. The molecule has 0 aromatic carbocycles. The van der Waals surface area contributed by atoms with Gasteiger partial charge in [-0.25, -0.2) is 0 Å². The average Bonchev–Trinajstić information content (AvgIpc) is 2.05. The zero-order valence-electron chi connectivity index (χ0n) is 6.99. The Balaban J connectivity index is 2.94. The first-order valence-electron chi connectivity index (χ1n) is 3.83. The molecule has 0 bridgehead atoms. The molecule has 0 aromatic heterocycles. The molecule has 0 saturated heterocycles. The van der Waals surface area contributed by atoms with E-state index in [9.17, 15) is 10.1 Å². The van der Waals surface area contributed by atoms with Crippen molar-refractivity contribution in [2.45, 2.75) is 13.3 Å². The van der Waals surface area contributed by atoms with E-state index in [-0.39, 0.29) is 16.5 Å². The van der Waals surface area contributed by atoms with Gasteiger partial charge in [0.25, 0.3) is 0 Å². The first-order chi connectivity index (χ1) is 5.65. The molecular formula is C9H11NO2. The van der Waals surface area contributed by atoms with Gasteiger partial charge in [-0.05, 0) is 12.0 Å². The predicted octanol–water partition coefficient (Wildman–Crippen LogP) is 2.30. The molecule has 3 nitrogen and oxygen atoms in total. The lowest BCUT2D eigenvalue weighted by Gasteiger charge is -2.11. The van der Waals surface area contributed by atoms with E-state index in [1.807, 2.05) is 13.0 Å². The van der Waals surface area contributed by atoms with E-state index in [0.717, 1.165) is 12.0 Å². The maximum atomic E-state index is 10.5. The summed E-state index contributed by atoms with van der Waals surface area (Å²) in [5.41, 5.74) is 1.13. The molecule has 64 valence electrons. The molecule has 0 aliphatic heterocycles. The van der Waals surface area contributed by atoms with Gasteiger partial charge in [-0.1, -0.05) is 25.7 Å². The third kappa shape index (κ3) is 1.61. The van der Waals surface area contributed by atoms with Crippen LogP contribution in [0, 0.1) is 16.0 Å². The fourth-order valence-corrected chi connectivity index (χ4v) is 1.18. The van der Waals surface area contributed by atoms with E-state index in [1.165, 1.54) is 0 Å². The maximum Gasteiger partial charge on any atom is 0.249 e. The Bertz CT molecular complexity index is 276. The van der Waals surface area contributed by atoms with Gasteiger partial charge in [-0.2, -0.15) is 0 Å². The lowest BCUT2D eigenvalue weighted by atomic mass is 9.95. The van der Waals surface area contributed by atoms with Crippen LogP contribution in [0.1, 0.15) is 13.3 Å². The summed E-state index contributed by atoms with van der Waals surface area (Å²) in [6.45, 7) is 5.42. The number of nitro groups is 1. The fourth-order valence-electron chi connectivity index (χ4n) is 1.18. The summed E-state index contributed by atoms with van der Waals surface area (Å²) >= 11 is 0. The summed E-state index contributed by atoms with van der Waals surface area (Å²) in [7, 11) is 0. The zero-order chi connectivity index (χ0) is 9.14. The van der Waals surface area contributed by atoms with Crippen LogP contribution in [0.3, 0.4) is 0 Å². The highest BCUT2D eigenvalue weighted by molar-refractivity contribution is 5.34. The molecule has 1 unspecified atom stereocenters. The molecular weight excluding hydrogens is 154 g/mol. The third-order valence-electron chi connectivity index (χ3n) is 1.97. The first-order valence-corrected chi connectivity index (χ1v) is 3.83. The van der Waals surface area contributed by atoms with Crippen LogP contribution < -0.4 is 0 Å². The van der Waals surface area contributed by atoms with Crippen LogP contribution in [0.15, 0.2) is 36.1 Å². The van der Waals surface area contributed by atoms with Gasteiger partial charge in [0, 0.05) is 6.08 Å². The van der Waals surface area contributed by atoms with Crippen LogP contribution in [0.5, 0.6) is 0 Å². The van der Waals surface area contributed by atoms with E-state index >= 15 is 0 Å². The van der Waals surface area contributed by atoms with Gasteiger partial charge in [-0.15, -0.1) is 0 Å². The Hall–Kier alpha value is -1.38. The zero-order valence-corrected chi connectivity index (χ0v) is 6.99. The minimum Gasteiger partial charge on any atom is -0.259 e. The second kappa shape index (κ2) is 3.34. The number of rotatable bonds is 2. The standard InChI is InChI=1S/C9H11NO2/c1-3-8-5-4-7(2)9(6-8)10(11)12/h3,5-7H,1,4H2,2H3. The van der Waals surface area contributed by atoms with Crippen molar-refractivity contribution in [2.24, 2.45) is 5.92 Å². The molecule has 0 amide bonds. The van der Waals surface area contributed by atoms with Crippen LogP contribution in [0.4, 0.5) is 0 Å². The van der Waals surface area contributed by atoms with Crippen LogP contribution >= 0.6 is 0 Å². The van der Waals surface area contributed by atoms with Crippen molar-refractivity contribution in [3.63, 3.8) is 0 Å². The van der Waals surface area contributed by atoms with Crippen molar-refractivity contribution >= 4 is 0 Å². The van der Waals surface area contributed by atoms with Gasteiger partial charge in [0.15, 0.2) is 0 Å². The van der Waals surface area contributed by atoms with Crippen molar-refractivity contribution in [3.05, 3.63) is 46.2 Å². The van der Waals surface area contributed by atoms with Crippen LogP contribution in [0.2, 0.25) is 0 Å². The first kappa shape index (κ1) is 8.71. The highest BCUT2D eigenvalue weighted by atomic mass is 16.6. The highest BCUT2D eigenvalue weighted by Crippen LogP contribution is 2.23. The molecule has 12 heavy (non-hydrogen) atoms. The van der Waals surface area contributed by atoms with E-state index in [4.69, 9.17) is 0 Å². The normalized spacial score (nSPS) is 22.6. The molecule has 0 radical (unpaired) electrons. The Morgan fingerprint density at radius 1 is 1.83 bits per heavy atom. The fraction of sp³-hybridized carbons (Fsp3) is 0.333. The predicted molar refractivity (Wildman–Crippen MR) is 47.1 cm³/mol. The van der Waals surface area contributed by atoms with Crippen molar-refractivity contribution < 1.29 is 4.92 Å². The van der Waals surface area contributed by atoms with Crippen LogP contribution in [-0.2, 0) is 0 Å². The average molecular weight is 165 g/mol. The number of nitrogens with zero attached hydrogens (tertiary/aromatic N) is 1. The van der Waals surface area contributed by atoms with Crippen molar-refractivity contribution in [2.75, 3.05) is 0 Å². The molecule has 1 aliphatic carbocycles. The molecule has 3 heteroatoms. The Morgan fingerprint density at radius 2 is 2.50 bits per heavy atom. The Kier molecular flexibility index (Phi) is 2.43. The summed E-state index contributed by atoms with van der Waals surface area (Å²) in [6, 6.07) is 0. The monoisotopic (exact) mass is 165 g/mol. The molecule has 0 N–H and O–H groups in total. The smallest absolute Gasteiger partial charge is 0.249 e. The Labute approximate surface area is 71.2 Å². The number of hydrogen-bond acceptors (Lipinski definition) is 2. The number of allylic oxidation sites excluding steroid dienone is 5. The van der Waals surface area contributed by atoms with Gasteiger partial charge >= 0.3 is 0 Å².